The van der Waals surface area contributed by atoms with Crippen LogP contribution in [0.3, 0.4) is 0 Å². The second kappa shape index (κ2) is 7.49. The largest absolute Gasteiger partial charge is 0.497 e. The van der Waals surface area contributed by atoms with Gasteiger partial charge in [0.15, 0.2) is 0 Å². The molecule has 126 valence electrons. The fraction of sp³-hybridized carbons (Fsp3) is 0.350. The molecule has 3 rings (SSSR count). The van der Waals surface area contributed by atoms with Crippen molar-refractivity contribution in [1.82, 2.24) is 0 Å². The first-order valence-corrected chi connectivity index (χ1v) is 8.32. The molecule has 2 aromatic carbocycles. The number of carbonyl (C=O) groups excluding carboxylic acids is 1. The van der Waals surface area contributed by atoms with E-state index in [0.29, 0.717) is 12.2 Å². The number of benzene rings is 2. The summed E-state index contributed by atoms with van der Waals surface area (Å²) in [6.07, 6.45) is 3.16. The van der Waals surface area contributed by atoms with E-state index in [9.17, 15) is 4.79 Å². The molecule has 1 aliphatic rings. The van der Waals surface area contributed by atoms with Gasteiger partial charge in [0.05, 0.1) is 19.8 Å². The van der Waals surface area contributed by atoms with Crippen molar-refractivity contribution in [2.24, 2.45) is 5.73 Å². The maximum atomic E-state index is 11.8. The minimum atomic E-state index is -0.402. The van der Waals surface area contributed by atoms with Crippen LogP contribution in [0.4, 0.5) is 0 Å². The van der Waals surface area contributed by atoms with Gasteiger partial charge in [-0.15, -0.1) is 0 Å². The lowest BCUT2D eigenvalue weighted by Gasteiger charge is -2.23. The van der Waals surface area contributed by atoms with Gasteiger partial charge in [-0.1, -0.05) is 36.8 Å². The number of primary amides is 1. The average molecular weight is 325 g/mol. The van der Waals surface area contributed by atoms with E-state index in [1.165, 1.54) is 0 Å². The van der Waals surface area contributed by atoms with Crippen LogP contribution in [-0.2, 0) is 11.3 Å². The van der Waals surface area contributed by atoms with Gasteiger partial charge in [0.1, 0.15) is 5.75 Å². The Morgan fingerprint density at radius 1 is 1.17 bits per heavy atom. The molecule has 2 atom stereocenters. The molecule has 4 nitrogen and oxygen atoms in total. The molecule has 1 saturated carbocycles. The number of ether oxygens (including phenoxy) is 2. The standard InChI is InChI=1S/C20H23NO3/c1-23-15-10-11-17(20(21)22)18(12-15)16-8-5-9-19(16)24-13-14-6-3-2-4-7-14/h2-4,6-7,10-12,16,19H,5,8-9,13H2,1H3,(H2,21,22)/t16-,19-/m0/s1. The van der Waals surface area contributed by atoms with Crippen molar-refractivity contribution in [3.05, 3.63) is 65.2 Å². The third-order valence-electron chi connectivity index (χ3n) is 4.68. The first-order valence-electron chi connectivity index (χ1n) is 8.32. The lowest BCUT2D eigenvalue weighted by molar-refractivity contribution is 0.0341. The lowest BCUT2D eigenvalue weighted by Crippen LogP contribution is -2.21. The van der Waals surface area contributed by atoms with Gasteiger partial charge in [-0.2, -0.15) is 0 Å². The highest BCUT2D eigenvalue weighted by molar-refractivity contribution is 5.94. The normalized spacial score (nSPS) is 20.0. The van der Waals surface area contributed by atoms with E-state index in [1.54, 1.807) is 19.2 Å². The summed E-state index contributed by atoms with van der Waals surface area (Å²) >= 11 is 0. The van der Waals surface area contributed by atoms with Gasteiger partial charge >= 0.3 is 0 Å². The van der Waals surface area contributed by atoms with Gasteiger partial charge in [0.25, 0.3) is 0 Å². The second-order valence-electron chi connectivity index (χ2n) is 6.19. The van der Waals surface area contributed by atoms with Crippen molar-refractivity contribution in [2.75, 3.05) is 7.11 Å². The molecule has 1 amide bonds. The van der Waals surface area contributed by atoms with Crippen molar-refractivity contribution < 1.29 is 14.3 Å². The van der Waals surface area contributed by atoms with Crippen LogP contribution in [0.25, 0.3) is 0 Å². The molecule has 0 unspecified atom stereocenters. The number of hydrogen-bond acceptors (Lipinski definition) is 3. The Morgan fingerprint density at radius 3 is 2.67 bits per heavy atom. The average Bonchev–Trinajstić information content (AvgIpc) is 3.08. The summed E-state index contributed by atoms with van der Waals surface area (Å²) in [7, 11) is 1.63. The molecule has 0 saturated heterocycles. The lowest BCUT2D eigenvalue weighted by atomic mass is 9.90. The maximum absolute atomic E-state index is 11.8. The van der Waals surface area contributed by atoms with E-state index in [1.807, 2.05) is 24.3 Å². The van der Waals surface area contributed by atoms with E-state index in [-0.39, 0.29) is 12.0 Å². The first-order chi connectivity index (χ1) is 11.7. The fourth-order valence-electron chi connectivity index (χ4n) is 3.46. The van der Waals surface area contributed by atoms with Crippen molar-refractivity contribution in [1.29, 1.82) is 0 Å². The third-order valence-corrected chi connectivity index (χ3v) is 4.68. The third kappa shape index (κ3) is 3.60. The van der Waals surface area contributed by atoms with Crippen LogP contribution >= 0.6 is 0 Å². The fourth-order valence-corrected chi connectivity index (χ4v) is 3.46. The highest BCUT2D eigenvalue weighted by Gasteiger charge is 2.32. The SMILES string of the molecule is COc1ccc(C(N)=O)c([C@@H]2CCC[C@@H]2OCc2ccccc2)c1. The highest BCUT2D eigenvalue weighted by Crippen LogP contribution is 2.39. The molecule has 0 spiro atoms. The Kier molecular flexibility index (Phi) is 5.16. The van der Waals surface area contributed by atoms with Crippen LogP contribution in [0.5, 0.6) is 5.75 Å². The van der Waals surface area contributed by atoms with Crippen LogP contribution in [0.1, 0.15) is 46.7 Å². The molecule has 4 heteroatoms. The molecule has 2 aromatic rings. The van der Waals surface area contributed by atoms with Gasteiger partial charge < -0.3 is 15.2 Å². The van der Waals surface area contributed by atoms with Crippen LogP contribution in [0.2, 0.25) is 0 Å². The molecule has 1 aliphatic carbocycles. The van der Waals surface area contributed by atoms with Crippen molar-refractivity contribution in [3.63, 3.8) is 0 Å². The summed E-state index contributed by atoms with van der Waals surface area (Å²) in [4.78, 5) is 11.8. The highest BCUT2D eigenvalue weighted by atomic mass is 16.5. The van der Waals surface area contributed by atoms with E-state index in [2.05, 4.69) is 12.1 Å². The quantitative estimate of drug-likeness (QED) is 0.882. The number of carbonyl (C=O) groups is 1. The van der Waals surface area contributed by atoms with E-state index < -0.39 is 5.91 Å². The van der Waals surface area contributed by atoms with Gasteiger partial charge in [-0.25, -0.2) is 0 Å². The van der Waals surface area contributed by atoms with Crippen molar-refractivity contribution >= 4 is 5.91 Å². The molecule has 0 heterocycles. The summed E-state index contributed by atoms with van der Waals surface area (Å²) in [6.45, 7) is 0.581. The molecule has 0 radical (unpaired) electrons. The topological polar surface area (TPSA) is 61.5 Å². The Bertz CT molecular complexity index is 699. The molecule has 2 N–H and O–H groups in total. The van der Waals surface area contributed by atoms with Crippen LogP contribution < -0.4 is 10.5 Å². The predicted molar refractivity (Wildman–Crippen MR) is 93.1 cm³/mol. The van der Waals surface area contributed by atoms with Gasteiger partial charge in [0, 0.05) is 11.5 Å². The molecular weight excluding hydrogens is 302 g/mol. The molecule has 0 aromatic heterocycles. The summed E-state index contributed by atoms with van der Waals surface area (Å²) < 4.78 is 11.5. The number of hydrogen-bond donors (Lipinski definition) is 1. The maximum Gasteiger partial charge on any atom is 0.248 e. The summed E-state index contributed by atoms with van der Waals surface area (Å²) in [5.74, 6) is 0.511. The van der Waals surface area contributed by atoms with Crippen LogP contribution in [0, 0.1) is 0 Å². The zero-order valence-electron chi connectivity index (χ0n) is 13.9. The predicted octanol–water partition coefficient (Wildman–Crippen LogP) is 3.65. The molecular formula is C20H23NO3. The monoisotopic (exact) mass is 325 g/mol. The number of rotatable bonds is 6. The summed E-state index contributed by atoms with van der Waals surface area (Å²) in [5.41, 5.74) is 8.23. The Balaban J connectivity index is 1.81. The number of amides is 1. The molecule has 24 heavy (non-hydrogen) atoms. The van der Waals surface area contributed by atoms with Crippen LogP contribution in [-0.4, -0.2) is 19.1 Å². The van der Waals surface area contributed by atoms with Gasteiger partial charge in [-0.3, -0.25) is 4.79 Å². The second-order valence-corrected chi connectivity index (χ2v) is 6.19. The van der Waals surface area contributed by atoms with E-state index in [0.717, 1.165) is 36.1 Å². The van der Waals surface area contributed by atoms with Crippen molar-refractivity contribution in [3.8, 4) is 5.75 Å². The van der Waals surface area contributed by atoms with E-state index in [4.69, 9.17) is 15.2 Å². The van der Waals surface area contributed by atoms with E-state index >= 15 is 0 Å². The summed E-state index contributed by atoms with van der Waals surface area (Å²) in [5, 5.41) is 0. The zero-order chi connectivity index (χ0) is 16.9. The smallest absolute Gasteiger partial charge is 0.248 e. The van der Waals surface area contributed by atoms with Gasteiger partial charge in [0.2, 0.25) is 5.91 Å². The molecule has 1 fully saturated rings. The first kappa shape index (κ1) is 16.5. The Morgan fingerprint density at radius 2 is 1.96 bits per heavy atom. The Hall–Kier alpha value is -2.33. The summed E-state index contributed by atoms with van der Waals surface area (Å²) in [6, 6.07) is 15.6. The molecule has 0 bridgehead atoms. The van der Waals surface area contributed by atoms with Gasteiger partial charge in [-0.05, 0) is 42.2 Å². The number of methoxy groups -OCH3 is 1. The minimum absolute atomic E-state index is 0.0930. The zero-order valence-corrected chi connectivity index (χ0v) is 13.9. The Labute approximate surface area is 142 Å². The van der Waals surface area contributed by atoms with Crippen molar-refractivity contribution in [2.45, 2.75) is 37.9 Å². The number of nitrogens with two attached hydrogens (primary N) is 1. The minimum Gasteiger partial charge on any atom is -0.497 e. The van der Waals surface area contributed by atoms with Crippen LogP contribution in [0.15, 0.2) is 48.5 Å². The molecule has 0 aliphatic heterocycles.